The van der Waals surface area contributed by atoms with Gasteiger partial charge in [0.05, 0.1) is 19.6 Å². The highest BCUT2D eigenvalue weighted by Gasteiger charge is 2.18. The number of esters is 1. The number of methoxy groups -OCH3 is 1. The van der Waals surface area contributed by atoms with Gasteiger partial charge < -0.3 is 10.1 Å². The fourth-order valence-electron chi connectivity index (χ4n) is 0.972. The van der Waals surface area contributed by atoms with Crippen molar-refractivity contribution in [2.75, 3.05) is 7.11 Å². The maximum atomic E-state index is 11.1. The molecule has 0 aliphatic carbocycles. The summed E-state index contributed by atoms with van der Waals surface area (Å²) in [4.78, 5) is 22.0. The van der Waals surface area contributed by atoms with Gasteiger partial charge in [0.25, 0.3) is 0 Å². The Labute approximate surface area is 78.6 Å². The van der Waals surface area contributed by atoms with Crippen molar-refractivity contribution in [2.24, 2.45) is 0 Å². The molecule has 0 aliphatic heterocycles. The third kappa shape index (κ3) is 5.36. The predicted octanol–water partition coefficient (Wildman–Crippen LogP) is 0.505. The van der Waals surface area contributed by atoms with E-state index < -0.39 is 6.04 Å². The zero-order chi connectivity index (χ0) is 10.4. The van der Waals surface area contributed by atoms with Crippen molar-refractivity contribution in [3.63, 3.8) is 0 Å². The average Bonchev–Trinajstić information content (AvgIpc) is 2.02. The highest BCUT2D eigenvalue weighted by molar-refractivity contribution is 5.86. The van der Waals surface area contributed by atoms with E-state index in [-0.39, 0.29) is 24.2 Å². The first-order valence-electron chi connectivity index (χ1n) is 4.30. The Kier molecular flexibility index (Phi) is 5.30. The summed E-state index contributed by atoms with van der Waals surface area (Å²) in [7, 11) is 1.31. The Morgan fingerprint density at radius 1 is 1.38 bits per heavy atom. The lowest BCUT2D eigenvalue weighted by Crippen LogP contribution is -2.41. The third-order valence-electron chi connectivity index (χ3n) is 1.62. The molecule has 1 N–H and O–H groups in total. The second kappa shape index (κ2) is 5.70. The molecule has 0 spiro atoms. The first-order valence-corrected chi connectivity index (χ1v) is 4.30. The van der Waals surface area contributed by atoms with E-state index in [2.05, 4.69) is 10.1 Å². The molecule has 0 unspecified atom stereocenters. The highest BCUT2D eigenvalue weighted by atomic mass is 16.5. The summed E-state index contributed by atoms with van der Waals surface area (Å²) in [5.41, 5.74) is 0. The number of hydrogen-bond donors (Lipinski definition) is 1. The lowest BCUT2D eigenvalue weighted by atomic mass is 10.1. The molecule has 0 aliphatic rings. The second-order valence-corrected chi connectivity index (χ2v) is 3.26. The fourth-order valence-corrected chi connectivity index (χ4v) is 0.972. The van der Waals surface area contributed by atoms with Crippen LogP contribution in [0, 0.1) is 0 Å². The third-order valence-corrected chi connectivity index (χ3v) is 1.62. The minimum Gasteiger partial charge on any atom is -0.469 e. The van der Waals surface area contributed by atoms with Crippen molar-refractivity contribution in [2.45, 2.75) is 39.3 Å². The van der Waals surface area contributed by atoms with Crippen LogP contribution in [0.3, 0.4) is 0 Å². The molecule has 0 radical (unpaired) electrons. The van der Waals surface area contributed by atoms with Crippen molar-refractivity contribution in [1.29, 1.82) is 0 Å². The van der Waals surface area contributed by atoms with Crippen LogP contribution in [-0.4, -0.2) is 30.9 Å². The van der Waals surface area contributed by atoms with Gasteiger partial charge in [0.15, 0.2) is 0 Å². The van der Waals surface area contributed by atoms with Gasteiger partial charge in [-0.25, -0.2) is 0 Å². The quantitative estimate of drug-likeness (QED) is 0.637. The van der Waals surface area contributed by atoms with E-state index in [0.29, 0.717) is 0 Å². The van der Waals surface area contributed by atoms with Gasteiger partial charge in [-0.15, -0.1) is 0 Å². The van der Waals surface area contributed by atoms with Crippen LogP contribution >= 0.6 is 0 Å². The molecule has 0 saturated heterocycles. The molecule has 1 atom stereocenters. The number of nitrogens with one attached hydrogen (secondary N) is 1. The lowest BCUT2D eigenvalue weighted by Gasteiger charge is -2.17. The molecule has 0 amide bonds. The molecule has 76 valence electrons. The fraction of sp³-hybridized carbons (Fsp3) is 0.778. The van der Waals surface area contributed by atoms with Crippen LogP contribution in [0.4, 0.5) is 0 Å². The lowest BCUT2D eigenvalue weighted by molar-refractivity contribution is -0.142. The van der Waals surface area contributed by atoms with Crippen molar-refractivity contribution in [3.8, 4) is 0 Å². The van der Waals surface area contributed by atoms with E-state index in [0.717, 1.165) is 0 Å². The molecular formula is C9H17NO3. The maximum absolute atomic E-state index is 11.1. The van der Waals surface area contributed by atoms with Gasteiger partial charge in [-0.1, -0.05) is 13.8 Å². The Hall–Kier alpha value is -0.900. The minimum atomic E-state index is -0.424. The Balaban J connectivity index is 4.10. The zero-order valence-electron chi connectivity index (χ0n) is 8.59. The first kappa shape index (κ1) is 12.1. The minimum absolute atomic E-state index is 0.0425. The van der Waals surface area contributed by atoms with Crippen molar-refractivity contribution >= 4 is 11.8 Å². The van der Waals surface area contributed by atoms with Gasteiger partial charge >= 0.3 is 5.97 Å². The molecule has 0 bridgehead atoms. The van der Waals surface area contributed by atoms with Crippen LogP contribution in [-0.2, 0) is 14.3 Å². The Morgan fingerprint density at radius 2 is 1.92 bits per heavy atom. The number of carbonyl (C=O) groups is 2. The summed E-state index contributed by atoms with van der Waals surface area (Å²) >= 11 is 0. The largest absolute Gasteiger partial charge is 0.469 e. The smallest absolute Gasteiger partial charge is 0.307 e. The Bertz CT molecular complexity index is 189. The van der Waals surface area contributed by atoms with E-state index in [9.17, 15) is 9.59 Å². The Morgan fingerprint density at radius 3 is 2.23 bits per heavy atom. The summed E-state index contributed by atoms with van der Waals surface area (Å²) in [5, 5.41) is 2.99. The summed E-state index contributed by atoms with van der Waals surface area (Å²) in [6.45, 7) is 5.31. The number of Topliss-reactive ketones (excluding diaryl/α,β-unsaturated/α-hetero) is 1. The van der Waals surface area contributed by atoms with Crippen molar-refractivity contribution < 1.29 is 14.3 Å². The monoisotopic (exact) mass is 187 g/mol. The summed E-state index contributed by atoms with van der Waals surface area (Å²) in [6.07, 6.45) is 0.101. The molecule has 0 aromatic carbocycles. The van der Waals surface area contributed by atoms with Gasteiger partial charge in [-0.05, 0) is 6.92 Å². The number of hydrogen-bond acceptors (Lipinski definition) is 4. The predicted molar refractivity (Wildman–Crippen MR) is 49.4 cm³/mol. The molecule has 4 nitrogen and oxygen atoms in total. The van der Waals surface area contributed by atoms with Gasteiger partial charge in [0, 0.05) is 6.04 Å². The molecule has 0 saturated carbocycles. The van der Waals surface area contributed by atoms with Gasteiger partial charge in [-0.2, -0.15) is 0 Å². The van der Waals surface area contributed by atoms with Crippen LogP contribution in [0.2, 0.25) is 0 Å². The summed E-state index contributed by atoms with van der Waals surface area (Å²) in [5.74, 6) is -0.410. The molecule has 0 heterocycles. The number of ketones is 1. The number of ether oxygens (including phenoxy) is 1. The zero-order valence-corrected chi connectivity index (χ0v) is 8.59. The van der Waals surface area contributed by atoms with E-state index >= 15 is 0 Å². The normalized spacial score (nSPS) is 12.7. The van der Waals surface area contributed by atoms with Gasteiger partial charge in [0.2, 0.25) is 0 Å². The average molecular weight is 187 g/mol. The molecule has 4 heteroatoms. The SMILES string of the molecule is COC(=O)C[C@H](NC(C)C)C(C)=O. The first-order chi connectivity index (χ1) is 5.97. The van der Waals surface area contributed by atoms with Crippen LogP contribution in [0.1, 0.15) is 27.2 Å². The number of rotatable bonds is 5. The number of carbonyl (C=O) groups excluding carboxylic acids is 2. The van der Waals surface area contributed by atoms with E-state index in [1.165, 1.54) is 14.0 Å². The topological polar surface area (TPSA) is 55.4 Å². The van der Waals surface area contributed by atoms with E-state index in [4.69, 9.17) is 0 Å². The van der Waals surface area contributed by atoms with Crippen LogP contribution in [0.15, 0.2) is 0 Å². The standard InChI is InChI=1S/C9H17NO3/c1-6(2)10-8(7(3)11)5-9(12)13-4/h6,8,10H,5H2,1-4H3/t8-/m0/s1. The van der Waals surface area contributed by atoms with E-state index in [1.807, 2.05) is 13.8 Å². The molecule has 0 aromatic heterocycles. The molecule has 0 fully saturated rings. The second-order valence-electron chi connectivity index (χ2n) is 3.26. The maximum Gasteiger partial charge on any atom is 0.307 e. The summed E-state index contributed by atoms with van der Waals surface area (Å²) in [6, 6.07) is -0.244. The van der Waals surface area contributed by atoms with Crippen molar-refractivity contribution in [3.05, 3.63) is 0 Å². The van der Waals surface area contributed by atoms with Gasteiger partial charge in [-0.3, -0.25) is 9.59 Å². The molecular weight excluding hydrogens is 170 g/mol. The van der Waals surface area contributed by atoms with Crippen LogP contribution in [0.25, 0.3) is 0 Å². The van der Waals surface area contributed by atoms with Crippen LogP contribution in [0.5, 0.6) is 0 Å². The van der Waals surface area contributed by atoms with Gasteiger partial charge in [0.1, 0.15) is 5.78 Å². The highest BCUT2D eigenvalue weighted by Crippen LogP contribution is 1.97. The summed E-state index contributed by atoms with van der Waals surface area (Å²) < 4.78 is 4.48. The molecule has 13 heavy (non-hydrogen) atoms. The molecule has 0 rings (SSSR count). The van der Waals surface area contributed by atoms with Crippen LogP contribution < -0.4 is 5.32 Å². The molecule has 0 aromatic rings. The van der Waals surface area contributed by atoms with Crippen molar-refractivity contribution in [1.82, 2.24) is 5.32 Å². The van der Waals surface area contributed by atoms with E-state index in [1.54, 1.807) is 0 Å².